The zero-order valence-corrected chi connectivity index (χ0v) is 14.2. The Kier molecular flexibility index (Phi) is 4.05. The molecule has 0 bridgehead atoms. The van der Waals surface area contributed by atoms with Gasteiger partial charge in [0, 0.05) is 25.2 Å². The van der Waals surface area contributed by atoms with Gasteiger partial charge in [-0.15, -0.1) is 0 Å². The molecule has 0 spiro atoms. The molecule has 3 rings (SSSR count). The molecular weight excluding hydrogens is 429 g/mol. The summed E-state index contributed by atoms with van der Waals surface area (Å²) in [4.78, 5) is 4.41. The largest absolute Gasteiger partial charge is 0.384 e. The van der Waals surface area contributed by atoms with Crippen molar-refractivity contribution in [1.82, 2.24) is 4.98 Å². The van der Waals surface area contributed by atoms with Crippen LogP contribution >= 0.6 is 38.5 Å². The fraction of sp³-hybridized carbons (Fsp3) is 0.0625. The molecule has 0 aliphatic heterocycles. The van der Waals surface area contributed by atoms with Crippen LogP contribution in [0.25, 0.3) is 10.9 Å². The fourth-order valence-corrected chi connectivity index (χ4v) is 3.25. The number of fused-ring (bicyclic) bond motifs is 1. The molecule has 1 N–H and O–H groups in total. The summed E-state index contributed by atoms with van der Waals surface area (Å²) in [6.07, 6.45) is 1.07. The van der Waals surface area contributed by atoms with Gasteiger partial charge in [0.1, 0.15) is 6.10 Å². The van der Waals surface area contributed by atoms with Gasteiger partial charge in [0.15, 0.2) is 0 Å². The topological polar surface area (TPSA) is 33.1 Å². The van der Waals surface area contributed by atoms with E-state index in [9.17, 15) is 5.11 Å². The highest BCUT2D eigenvalue weighted by atomic mass is 127. The minimum absolute atomic E-state index is 0.682. The van der Waals surface area contributed by atoms with E-state index in [4.69, 9.17) is 0 Å². The highest BCUT2D eigenvalue weighted by Crippen LogP contribution is 2.31. The molecule has 1 atom stereocenters. The van der Waals surface area contributed by atoms with Crippen molar-refractivity contribution in [2.75, 3.05) is 0 Å². The van der Waals surface area contributed by atoms with Gasteiger partial charge in [-0.2, -0.15) is 0 Å². The number of para-hydroxylation sites is 1. The average Bonchev–Trinajstić information content (AvgIpc) is 2.48. The summed E-state index contributed by atoms with van der Waals surface area (Å²) in [6.45, 7) is 0. The molecule has 0 saturated carbocycles. The number of hydrogen-bond acceptors (Lipinski definition) is 2. The number of pyridine rings is 1. The quantitative estimate of drug-likeness (QED) is 0.588. The Morgan fingerprint density at radius 1 is 1.05 bits per heavy atom. The number of nitrogens with zero attached hydrogens (tertiary/aromatic N) is 1. The van der Waals surface area contributed by atoms with Crippen molar-refractivity contribution in [3.05, 3.63) is 73.9 Å². The lowest BCUT2D eigenvalue weighted by Crippen LogP contribution is -2.03. The molecule has 2 aromatic carbocycles. The van der Waals surface area contributed by atoms with Crippen LogP contribution in [0.1, 0.15) is 17.2 Å². The van der Waals surface area contributed by atoms with Gasteiger partial charge in [-0.05, 0) is 52.4 Å². The summed E-state index contributed by atoms with van der Waals surface area (Å²) in [5.41, 5.74) is 2.57. The molecule has 1 unspecified atom stereocenters. The Balaban J connectivity index is 2.17. The molecule has 1 heterocycles. The van der Waals surface area contributed by atoms with Crippen molar-refractivity contribution >= 4 is 49.4 Å². The van der Waals surface area contributed by atoms with Crippen LogP contribution in [0.2, 0.25) is 0 Å². The van der Waals surface area contributed by atoms with E-state index in [1.54, 1.807) is 6.20 Å². The van der Waals surface area contributed by atoms with E-state index in [2.05, 4.69) is 43.5 Å². The number of aromatic nitrogens is 1. The summed E-state index contributed by atoms with van der Waals surface area (Å²) in [7, 11) is 0. The van der Waals surface area contributed by atoms with Gasteiger partial charge in [0.2, 0.25) is 0 Å². The number of benzene rings is 2. The lowest BCUT2D eigenvalue weighted by atomic mass is 9.99. The molecule has 4 heteroatoms. The van der Waals surface area contributed by atoms with Crippen LogP contribution in [0.5, 0.6) is 0 Å². The van der Waals surface area contributed by atoms with Gasteiger partial charge in [0.05, 0.1) is 5.52 Å². The van der Waals surface area contributed by atoms with E-state index < -0.39 is 6.10 Å². The first kappa shape index (κ1) is 14.0. The van der Waals surface area contributed by atoms with Crippen LogP contribution in [0, 0.1) is 3.57 Å². The van der Waals surface area contributed by atoms with Crippen LogP contribution in [0.3, 0.4) is 0 Å². The van der Waals surface area contributed by atoms with Gasteiger partial charge in [-0.25, -0.2) is 0 Å². The maximum Gasteiger partial charge on any atom is 0.107 e. The van der Waals surface area contributed by atoms with E-state index in [0.29, 0.717) is 0 Å². The highest BCUT2D eigenvalue weighted by molar-refractivity contribution is 14.1. The second-order valence-electron chi connectivity index (χ2n) is 4.49. The van der Waals surface area contributed by atoms with Gasteiger partial charge in [-0.1, -0.05) is 40.2 Å². The smallest absolute Gasteiger partial charge is 0.107 e. The minimum atomic E-state index is -0.682. The normalized spacial score (nSPS) is 12.6. The molecule has 20 heavy (non-hydrogen) atoms. The molecule has 0 aliphatic carbocycles. The van der Waals surface area contributed by atoms with Crippen molar-refractivity contribution < 1.29 is 5.11 Å². The highest BCUT2D eigenvalue weighted by Gasteiger charge is 2.17. The third-order valence-corrected chi connectivity index (χ3v) is 4.69. The van der Waals surface area contributed by atoms with Gasteiger partial charge in [0.25, 0.3) is 0 Å². The van der Waals surface area contributed by atoms with Crippen LogP contribution in [-0.2, 0) is 0 Å². The van der Waals surface area contributed by atoms with E-state index in [1.165, 1.54) is 0 Å². The number of hydrogen-bond donors (Lipinski definition) is 1. The SMILES string of the molecule is OC(c1cc(Br)ccc1I)c1cccc2cccnc12. The molecule has 0 amide bonds. The Bertz CT molecular complexity index is 770. The summed E-state index contributed by atoms with van der Waals surface area (Å²) >= 11 is 5.70. The number of rotatable bonds is 2. The Morgan fingerprint density at radius 2 is 1.85 bits per heavy atom. The molecule has 0 aliphatic rings. The van der Waals surface area contributed by atoms with Crippen LogP contribution in [0.15, 0.2) is 59.2 Å². The number of aliphatic hydroxyl groups excluding tert-OH is 1. The summed E-state index contributed by atoms with van der Waals surface area (Å²) in [6, 6.07) is 15.7. The maximum absolute atomic E-state index is 10.7. The van der Waals surface area contributed by atoms with Crippen LogP contribution in [-0.4, -0.2) is 10.1 Å². The second-order valence-corrected chi connectivity index (χ2v) is 6.57. The average molecular weight is 440 g/mol. The van der Waals surface area contributed by atoms with E-state index >= 15 is 0 Å². The van der Waals surface area contributed by atoms with Gasteiger partial charge >= 0.3 is 0 Å². The van der Waals surface area contributed by atoms with E-state index in [0.717, 1.165) is 30.1 Å². The molecule has 3 aromatic rings. The van der Waals surface area contributed by atoms with Crippen LogP contribution in [0.4, 0.5) is 0 Å². The van der Waals surface area contributed by atoms with Crippen molar-refractivity contribution in [1.29, 1.82) is 0 Å². The fourth-order valence-electron chi connectivity index (χ4n) is 2.24. The predicted octanol–water partition coefficient (Wildman–Crippen LogP) is 4.68. The molecule has 0 fully saturated rings. The van der Waals surface area contributed by atoms with Gasteiger partial charge < -0.3 is 5.11 Å². The first-order chi connectivity index (χ1) is 9.66. The molecule has 2 nitrogen and oxygen atoms in total. The number of halogens is 2. The van der Waals surface area contributed by atoms with E-state index in [-0.39, 0.29) is 0 Å². The predicted molar refractivity (Wildman–Crippen MR) is 92.7 cm³/mol. The Labute approximate surface area is 139 Å². The molecular formula is C16H11BrINO. The second kappa shape index (κ2) is 5.79. The third kappa shape index (κ3) is 2.60. The maximum atomic E-state index is 10.7. The van der Waals surface area contributed by atoms with Crippen molar-refractivity contribution in [2.45, 2.75) is 6.10 Å². The first-order valence-electron chi connectivity index (χ1n) is 6.13. The molecule has 0 radical (unpaired) electrons. The lowest BCUT2D eigenvalue weighted by Gasteiger charge is -2.15. The van der Waals surface area contributed by atoms with Gasteiger partial charge in [-0.3, -0.25) is 4.98 Å². The summed E-state index contributed by atoms with van der Waals surface area (Å²) < 4.78 is 1.99. The summed E-state index contributed by atoms with van der Waals surface area (Å²) in [5.74, 6) is 0. The standard InChI is InChI=1S/C16H11BrINO/c17-11-6-7-14(18)13(9-11)16(20)12-5-1-3-10-4-2-8-19-15(10)12/h1-9,16,20H. The Morgan fingerprint density at radius 3 is 2.70 bits per heavy atom. The zero-order valence-electron chi connectivity index (χ0n) is 10.4. The Hall–Kier alpha value is -0.980. The first-order valence-corrected chi connectivity index (χ1v) is 8.00. The number of aliphatic hydroxyl groups is 1. The zero-order chi connectivity index (χ0) is 14.1. The lowest BCUT2D eigenvalue weighted by molar-refractivity contribution is 0.220. The molecule has 100 valence electrons. The third-order valence-electron chi connectivity index (χ3n) is 3.21. The molecule has 1 aromatic heterocycles. The monoisotopic (exact) mass is 439 g/mol. The van der Waals surface area contributed by atoms with Crippen molar-refractivity contribution in [3.63, 3.8) is 0 Å². The summed E-state index contributed by atoms with van der Waals surface area (Å²) in [5, 5.41) is 11.8. The molecule has 0 saturated heterocycles. The van der Waals surface area contributed by atoms with Crippen molar-refractivity contribution in [3.8, 4) is 0 Å². The minimum Gasteiger partial charge on any atom is -0.384 e. The van der Waals surface area contributed by atoms with Crippen molar-refractivity contribution in [2.24, 2.45) is 0 Å². The van der Waals surface area contributed by atoms with E-state index in [1.807, 2.05) is 48.5 Å². The van der Waals surface area contributed by atoms with Crippen LogP contribution < -0.4 is 0 Å².